The van der Waals surface area contributed by atoms with E-state index in [-0.39, 0.29) is 17.7 Å². The number of amides is 2. The summed E-state index contributed by atoms with van der Waals surface area (Å²) in [5, 5.41) is 2.78. The predicted molar refractivity (Wildman–Crippen MR) is 97.8 cm³/mol. The van der Waals surface area contributed by atoms with Crippen LogP contribution in [0.4, 0.5) is 0 Å². The van der Waals surface area contributed by atoms with Crippen LogP contribution in [0.5, 0.6) is 5.75 Å². The molecule has 7 heteroatoms. The van der Waals surface area contributed by atoms with E-state index in [9.17, 15) is 9.59 Å². The van der Waals surface area contributed by atoms with E-state index in [1.807, 2.05) is 35.4 Å². The van der Waals surface area contributed by atoms with Gasteiger partial charge in [0.2, 0.25) is 11.8 Å². The molecule has 4 rings (SSSR count). The Labute approximate surface area is 157 Å². The third-order valence-electron chi connectivity index (χ3n) is 5.15. The van der Waals surface area contributed by atoms with Crippen LogP contribution in [0.25, 0.3) is 0 Å². The SMILES string of the molecule is COc1ccc(Cc2ncc3c(n2)CN(C(=O)C2CCC(=O)NC2)C3)cc1. The molecule has 3 heterocycles. The number of benzene rings is 1. The maximum atomic E-state index is 12.7. The lowest BCUT2D eigenvalue weighted by Crippen LogP contribution is -2.43. The number of fused-ring (bicyclic) bond motifs is 1. The fourth-order valence-corrected chi connectivity index (χ4v) is 3.56. The number of ether oxygens (including phenoxy) is 1. The zero-order valence-electron chi connectivity index (χ0n) is 15.3. The van der Waals surface area contributed by atoms with E-state index in [1.54, 1.807) is 7.11 Å². The van der Waals surface area contributed by atoms with Gasteiger partial charge in [-0.2, -0.15) is 0 Å². The summed E-state index contributed by atoms with van der Waals surface area (Å²) in [5.41, 5.74) is 3.03. The molecule has 27 heavy (non-hydrogen) atoms. The number of carbonyl (C=O) groups is 2. The summed E-state index contributed by atoms with van der Waals surface area (Å²) in [5.74, 6) is 1.55. The zero-order chi connectivity index (χ0) is 18.8. The number of methoxy groups -OCH3 is 1. The second kappa shape index (κ2) is 7.34. The molecule has 1 atom stereocenters. The first-order valence-corrected chi connectivity index (χ1v) is 9.14. The molecule has 2 aliphatic rings. The summed E-state index contributed by atoms with van der Waals surface area (Å²) in [6, 6.07) is 7.85. The van der Waals surface area contributed by atoms with Crippen LogP contribution in [0.3, 0.4) is 0 Å². The Hall–Kier alpha value is -2.96. The van der Waals surface area contributed by atoms with Gasteiger partial charge in [0.15, 0.2) is 0 Å². The van der Waals surface area contributed by atoms with Crippen LogP contribution < -0.4 is 10.1 Å². The van der Waals surface area contributed by atoms with E-state index < -0.39 is 0 Å². The highest BCUT2D eigenvalue weighted by Crippen LogP contribution is 2.25. The maximum Gasteiger partial charge on any atom is 0.228 e. The van der Waals surface area contributed by atoms with E-state index in [0.717, 1.165) is 28.4 Å². The third-order valence-corrected chi connectivity index (χ3v) is 5.15. The van der Waals surface area contributed by atoms with Gasteiger partial charge in [-0.1, -0.05) is 12.1 Å². The molecule has 1 N–H and O–H groups in total. The minimum atomic E-state index is -0.135. The number of nitrogens with one attached hydrogen (secondary N) is 1. The van der Waals surface area contributed by atoms with Crippen molar-refractivity contribution >= 4 is 11.8 Å². The molecule has 0 aliphatic carbocycles. The Morgan fingerprint density at radius 1 is 1.30 bits per heavy atom. The molecule has 2 aromatic rings. The van der Waals surface area contributed by atoms with E-state index >= 15 is 0 Å². The molecule has 0 bridgehead atoms. The molecule has 1 fully saturated rings. The summed E-state index contributed by atoms with van der Waals surface area (Å²) in [6.07, 6.45) is 3.51. The normalized spacial score (nSPS) is 18.8. The molecule has 0 spiro atoms. The lowest BCUT2D eigenvalue weighted by Gasteiger charge is -2.26. The lowest BCUT2D eigenvalue weighted by atomic mass is 9.98. The minimum Gasteiger partial charge on any atom is -0.497 e. The van der Waals surface area contributed by atoms with Gasteiger partial charge in [-0.25, -0.2) is 9.97 Å². The molecule has 1 aromatic carbocycles. The second-order valence-electron chi connectivity index (χ2n) is 7.02. The van der Waals surface area contributed by atoms with Crippen molar-refractivity contribution in [3.8, 4) is 5.75 Å². The molecular formula is C20H22N4O3. The highest BCUT2D eigenvalue weighted by atomic mass is 16.5. The standard InChI is InChI=1S/C20H22N4O3/c1-27-16-5-2-13(3-6-16)8-18-21-10-15-11-24(12-17(15)23-18)20(26)14-4-7-19(25)22-9-14/h2-3,5-6,10,14H,4,7-9,11-12H2,1H3,(H,22,25). The monoisotopic (exact) mass is 366 g/mol. The minimum absolute atomic E-state index is 0.0257. The quantitative estimate of drug-likeness (QED) is 0.885. The number of hydrogen-bond acceptors (Lipinski definition) is 5. The largest absolute Gasteiger partial charge is 0.497 e. The molecular weight excluding hydrogens is 344 g/mol. The number of hydrogen-bond donors (Lipinski definition) is 1. The molecule has 1 aromatic heterocycles. The Balaban J connectivity index is 1.42. The van der Waals surface area contributed by atoms with Gasteiger partial charge in [-0.05, 0) is 24.1 Å². The Morgan fingerprint density at radius 2 is 2.11 bits per heavy atom. The smallest absolute Gasteiger partial charge is 0.228 e. The Bertz CT molecular complexity index is 856. The van der Waals surface area contributed by atoms with E-state index in [1.165, 1.54) is 0 Å². The van der Waals surface area contributed by atoms with E-state index in [2.05, 4.69) is 15.3 Å². The molecule has 1 saturated heterocycles. The third kappa shape index (κ3) is 3.77. The average molecular weight is 366 g/mol. The van der Waals surface area contributed by atoms with Crippen LogP contribution in [0.1, 0.15) is 35.5 Å². The fourth-order valence-electron chi connectivity index (χ4n) is 3.56. The highest BCUT2D eigenvalue weighted by Gasteiger charge is 2.32. The Kier molecular flexibility index (Phi) is 4.75. The van der Waals surface area contributed by atoms with Crippen LogP contribution >= 0.6 is 0 Å². The van der Waals surface area contributed by atoms with Crippen molar-refractivity contribution in [2.24, 2.45) is 5.92 Å². The average Bonchev–Trinajstić information content (AvgIpc) is 3.12. The van der Waals surface area contributed by atoms with Gasteiger partial charge in [-0.3, -0.25) is 9.59 Å². The summed E-state index contributed by atoms with van der Waals surface area (Å²) in [4.78, 5) is 35.0. The molecule has 7 nitrogen and oxygen atoms in total. The maximum absolute atomic E-state index is 12.7. The number of nitrogens with zero attached hydrogens (tertiary/aromatic N) is 3. The van der Waals surface area contributed by atoms with Gasteiger partial charge in [0.05, 0.1) is 25.3 Å². The van der Waals surface area contributed by atoms with Crippen molar-refractivity contribution in [3.63, 3.8) is 0 Å². The van der Waals surface area contributed by atoms with Gasteiger partial charge >= 0.3 is 0 Å². The van der Waals surface area contributed by atoms with Crippen LogP contribution in [-0.2, 0) is 29.1 Å². The van der Waals surface area contributed by atoms with Crippen LogP contribution in [0, 0.1) is 5.92 Å². The molecule has 1 unspecified atom stereocenters. The van der Waals surface area contributed by atoms with Crippen molar-refractivity contribution < 1.29 is 14.3 Å². The first-order valence-electron chi connectivity index (χ1n) is 9.14. The number of piperidine rings is 1. The fraction of sp³-hybridized carbons (Fsp3) is 0.400. The van der Waals surface area contributed by atoms with Gasteiger partial charge in [0.1, 0.15) is 11.6 Å². The lowest BCUT2D eigenvalue weighted by molar-refractivity contribution is -0.138. The zero-order valence-corrected chi connectivity index (χ0v) is 15.3. The molecule has 2 amide bonds. The van der Waals surface area contributed by atoms with Crippen LogP contribution in [0.15, 0.2) is 30.5 Å². The van der Waals surface area contributed by atoms with Gasteiger partial charge in [0, 0.05) is 37.7 Å². The molecule has 2 aliphatic heterocycles. The first kappa shape index (κ1) is 17.5. The van der Waals surface area contributed by atoms with Gasteiger partial charge in [0.25, 0.3) is 0 Å². The predicted octanol–water partition coefficient (Wildman–Crippen LogP) is 1.44. The topological polar surface area (TPSA) is 84.4 Å². The molecule has 0 saturated carbocycles. The highest BCUT2D eigenvalue weighted by molar-refractivity contribution is 5.84. The molecule has 0 radical (unpaired) electrons. The van der Waals surface area contributed by atoms with Crippen LogP contribution in [0.2, 0.25) is 0 Å². The summed E-state index contributed by atoms with van der Waals surface area (Å²) in [7, 11) is 1.65. The number of rotatable bonds is 4. The van der Waals surface area contributed by atoms with Crippen molar-refractivity contribution in [3.05, 3.63) is 53.1 Å². The summed E-state index contributed by atoms with van der Waals surface area (Å²) >= 11 is 0. The number of carbonyl (C=O) groups excluding carboxylic acids is 2. The molecule has 140 valence electrons. The first-order chi connectivity index (χ1) is 13.1. The van der Waals surface area contributed by atoms with Gasteiger partial charge in [-0.15, -0.1) is 0 Å². The van der Waals surface area contributed by atoms with Crippen LogP contribution in [-0.4, -0.2) is 40.3 Å². The van der Waals surface area contributed by atoms with Crippen molar-refractivity contribution in [1.82, 2.24) is 20.2 Å². The number of aromatic nitrogens is 2. The Morgan fingerprint density at radius 3 is 2.81 bits per heavy atom. The van der Waals surface area contributed by atoms with E-state index in [0.29, 0.717) is 38.9 Å². The summed E-state index contributed by atoms with van der Waals surface area (Å²) < 4.78 is 5.18. The van der Waals surface area contributed by atoms with Crippen molar-refractivity contribution in [2.75, 3.05) is 13.7 Å². The second-order valence-corrected chi connectivity index (χ2v) is 7.02. The summed E-state index contributed by atoms with van der Waals surface area (Å²) in [6.45, 7) is 1.48. The van der Waals surface area contributed by atoms with Gasteiger partial charge < -0.3 is 15.0 Å². The van der Waals surface area contributed by atoms with Crippen molar-refractivity contribution in [2.45, 2.75) is 32.4 Å². The van der Waals surface area contributed by atoms with E-state index in [4.69, 9.17) is 4.74 Å². The van der Waals surface area contributed by atoms with Crippen molar-refractivity contribution in [1.29, 1.82) is 0 Å².